The van der Waals surface area contributed by atoms with E-state index in [2.05, 4.69) is 12.3 Å². The van der Waals surface area contributed by atoms with E-state index in [4.69, 9.17) is 5.84 Å². The first kappa shape index (κ1) is 11.9. The highest BCUT2D eigenvalue weighted by molar-refractivity contribution is 6.02. The van der Waals surface area contributed by atoms with Gasteiger partial charge >= 0.3 is 0 Å². The maximum Gasteiger partial charge on any atom is 0.183 e. The van der Waals surface area contributed by atoms with Crippen LogP contribution in [-0.2, 0) is 6.42 Å². The number of aryl methyl sites for hydroxylation is 1. The number of hydrogen-bond donors (Lipinski definition) is 2. The Kier molecular flexibility index (Phi) is 3.61. The summed E-state index contributed by atoms with van der Waals surface area (Å²) in [6, 6.07) is 7.64. The molecule has 0 heterocycles. The second kappa shape index (κ2) is 4.55. The van der Waals surface area contributed by atoms with Gasteiger partial charge in [0.2, 0.25) is 0 Å². The summed E-state index contributed by atoms with van der Waals surface area (Å²) in [5.41, 5.74) is 3.72. The molecule has 0 saturated carbocycles. The molecule has 82 valence electrons. The van der Waals surface area contributed by atoms with Crippen LogP contribution >= 0.6 is 0 Å². The zero-order chi connectivity index (χ0) is 11.5. The smallest absolute Gasteiger partial charge is 0.183 e. The molecule has 0 unspecified atom stereocenters. The van der Waals surface area contributed by atoms with Crippen molar-refractivity contribution in [2.75, 3.05) is 0 Å². The molecule has 0 aliphatic carbocycles. The van der Waals surface area contributed by atoms with Gasteiger partial charge in [-0.25, -0.2) is 5.43 Å². The SMILES string of the molecule is CCc1ccc(C(=O)C(C)(C)NN)cc1. The van der Waals surface area contributed by atoms with E-state index in [0.29, 0.717) is 5.56 Å². The van der Waals surface area contributed by atoms with Gasteiger partial charge in [0.1, 0.15) is 0 Å². The summed E-state index contributed by atoms with van der Waals surface area (Å²) in [5.74, 6) is 5.34. The molecule has 0 saturated heterocycles. The maximum atomic E-state index is 12.0. The van der Waals surface area contributed by atoms with Crippen LogP contribution in [-0.4, -0.2) is 11.3 Å². The highest BCUT2D eigenvalue weighted by Crippen LogP contribution is 2.13. The Balaban J connectivity index is 2.92. The number of ketones is 1. The van der Waals surface area contributed by atoms with Crippen molar-refractivity contribution in [3.05, 3.63) is 35.4 Å². The highest BCUT2D eigenvalue weighted by Gasteiger charge is 2.26. The third kappa shape index (κ3) is 2.64. The molecule has 15 heavy (non-hydrogen) atoms. The standard InChI is InChI=1S/C12H18N2O/c1-4-9-5-7-10(8-6-9)11(15)12(2,3)14-13/h5-8,14H,4,13H2,1-3H3. The molecule has 1 aromatic rings. The normalized spacial score (nSPS) is 11.5. The maximum absolute atomic E-state index is 12.0. The molecule has 0 aromatic heterocycles. The monoisotopic (exact) mass is 206 g/mol. The number of nitrogens with two attached hydrogens (primary N) is 1. The number of benzene rings is 1. The van der Waals surface area contributed by atoms with Crippen molar-refractivity contribution < 1.29 is 4.79 Å². The van der Waals surface area contributed by atoms with Crippen LogP contribution in [0.2, 0.25) is 0 Å². The van der Waals surface area contributed by atoms with Gasteiger partial charge in [0.25, 0.3) is 0 Å². The Hall–Kier alpha value is -1.19. The quantitative estimate of drug-likeness (QED) is 0.447. The Morgan fingerprint density at radius 2 is 1.87 bits per heavy atom. The molecule has 0 bridgehead atoms. The summed E-state index contributed by atoms with van der Waals surface area (Å²) in [6.45, 7) is 5.62. The zero-order valence-corrected chi connectivity index (χ0v) is 9.50. The van der Waals surface area contributed by atoms with Gasteiger partial charge in [0.15, 0.2) is 5.78 Å². The van der Waals surface area contributed by atoms with Crippen molar-refractivity contribution in [1.82, 2.24) is 5.43 Å². The summed E-state index contributed by atoms with van der Waals surface area (Å²) < 4.78 is 0. The fourth-order valence-electron chi connectivity index (χ4n) is 1.32. The molecule has 0 radical (unpaired) electrons. The molecule has 3 N–H and O–H groups in total. The minimum absolute atomic E-state index is 0.00709. The van der Waals surface area contributed by atoms with Crippen molar-refractivity contribution in [3.8, 4) is 0 Å². The molecule has 1 aromatic carbocycles. The van der Waals surface area contributed by atoms with Crippen molar-refractivity contribution >= 4 is 5.78 Å². The highest BCUT2D eigenvalue weighted by atomic mass is 16.1. The summed E-state index contributed by atoms with van der Waals surface area (Å²) in [4.78, 5) is 12.0. The topological polar surface area (TPSA) is 55.1 Å². The van der Waals surface area contributed by atoms with Gasteiger partial charge in [-0.3, -0.25) is 10.6 Å². The van der Waals surface area contributed by atoms with E-state index in [-0.39, 0.29) is 5.78 Å². The largest absolute Gasteiger partial charge is 0.292 e. The summed E-state index contributed by atoms with van der Waals surface area (Å²) in [6.07, 6.45) is 0.979. The molecule has 0 atom stereocenters. The van der Waals surface area contributed by atoms with Crippen molar-refractivity contribution in [2.45, 2.75) is 32.7 Å². The third-order valence-electron chi connectivity index (χ3n) is 2.55. The number of carbonyl (C=O) groups is 1. The van der Waals surface area contributed by atoms with E-state index >= 15 is 0 Å². The molecule has 0 aliphatic rings. The molecule has 0 fully saturated rings. The van der Waals surface area contributed by atoms with Gasteiger partial charge in [0.05, 0.1) is 5.54 Å². The van der Waals surface area contributed by atoms with E-state index in [1.165, 1.54) is 5.56 Å². The fraction of sp³-hybridized carbons (Fsp3) is 0.417. The number of Topliss-reactive ketones (excluding diaryl/α,β-unsaturated/α-hetero) is 1. The molecule has 3 nitrogen and oxygen atoms in total. The van der Waals surface area contributed by atoms with Gasteiger partial charge in [-0.15, -0.1) is 0 Å². The second-order valence-electron chi connectivity index (χ2n) is 4.15. The number of rotatable bonds is 4. The van der Waals surface area contributed by atoms with E-state index < -0.39 is 5.54 Å². The molecular formula is C12H18N2O. The van der Waals surface area contributed by atoms with E-state index in [1.54, 1.807) is 13.8 Å². The Morgan fingerprint density at radius 3 is 2.27 bits per heavy atom. The van der Waals surface area contributed by atoms with E-state index in [1.807, 2.05) is 24.3 Å². The lowest BCUT2D eigenvalue weighted by atomic mass is 9.93. The van der Waals surface area contributed by atoms with Crippen molar-refractivity contribution in [1.29, 1.82) is 0 Å². The van der Waals surface area contributed by atoms with Gasteiger partial charge in [-0.05, 0) is 25.8 Å². The van der Waals surface area contributed by atoms with Crippen LogP contribution < -0.4 is 11.3 Å². The van der Waals surface area contributed by atoms with Crippen LogP contribution in [0.25, 0.3) is 0 Å². The van der Waals surface area contributed by atoms with Gasteiger partial charge in [-0.2, -0.15) is 0 Å². The number of hydrogen-bond acceptors (Lipinski definition) is 3. The first-order valence-corrected chi connectivity index (χ1v) is 5.12. The van der Waals surface area contributed by atoms with Gasteiger partial charge < -0.3 is 0 Å². The van der Waals surface area contributed by atoms with Crippen LogP contribution in [0.3, 0.4) is 0 Å². The molecule has 0 spiro atoms. The van der Waals surface area contributed by atoms with Crippen LogP contribution in [0.15, 0.2) is 24.3 Å². The Morgan fingerprint density at radius 1 is 1.33 bits per heavy atom. The second-order valence-corrected chi connectivity index (χ2v) is 4.15. The van der Waals surface area contributed by atoms with Gasteiger partial charge in [0, 0.05) is 5.56 Å². The average Bonchev–Trinajstić information content (AvgIpc) is 2.28. The summed E-state index contributed by atoms with van der Waals surface area (Å²) in [7, 11) is 0. The minimum atomic E-state index is -0.715. The predicted octanol–water partition coefficient (Wildman–Crippen LogP) is 1.67. The van der Waals surface area contributed by atoms with E-state index in [0.717, 1.165) is 6.42 Å². The predicted molar refractivity (Wildman–Crippen MR) is 61.6 cm³/mol. The molecular weight excluding hydrogens is 188 g/mol. The van der Waals surface area contributed by atoms with Crippen molar-refractivity contribution in [2.24, 2.45) is 5.84 Å². The third-order valence-corrected chi connectivity index (χ3v) is 2.55. The number of carbonyl (C=O) groups excluding carboxylic acids is 1. The summed E-state index contributed by atoms with van der Waals surface area (Å²) >= 11 is 0. The first-order valence-electron chi connectivity index (χ1n) is 5.12. The molecule has 3 heteroatoms. The van der Waals surface area contributed by atoms with Crippen LogP contribution in [0.5, 0.6) is 0 Å². The van der Waals surface area contributed by atoms with Gasteiger partial charge in [-0.1, -0.05) is 31.2 Å². The number of nitrogens with one attached hydrogen (secondary N) is 1. The lowest BCUT2D eigenvalue weighted by Crippen LogP contribution is -2.50. The van der Waals surface area contributed by atoms with Crippen LogP contribution in [0.4, 0.5) is 0 Å². The molecule has 1 rings (SSSR count). The lowest BCUT2D eigenvalue weighted by molar-refractivity contribution is 0.0883. The zero-order valence-electron chi connectivity index (χ0n) is 9.50. The van der Waals surface area contributed by atoms with Crippen LogP contribution in [0.1, 0.15) is 36.7 Å². The Labute approximate surface area is 90.6 Å². The minimum Gasteiger partial charge on any atom is -0.292 e. The van der Waals surface area contributed by atoms with Crippen molar-refractivity contribution in [3.63, 3.8) is 0 Å². The lowest BCUT2D eigenvalue weighted by Gasteiger charge is -2.21. The number of hydrazine groups is 1. The Bertz CT molecular complexity index is 341. The molecule has 0 aliphatic heterocycles. The fourth-order valence-corrected chi connectivity index (χ4v) is 1.32. The van der Waals surface area contributed by atoms with E-state index in [9.17, 15) is 4.79 Å². The average molecular weight is 206 g/mol. The summed E-state index contributed by atoms with van der Waals surface area (Å²) in [5, 5.41) is 0. The first-order chi connectivity index (χ1) is 7.01. The van der Waals surface area contributed by atoms with Crippen LogP contribution in [0, 0.1) is 0 Å². The molecule has 0 amide bonds.